The third-order valence-electron chi connectivity index (χ3n) is 11.8. The predicted molar refractivity (Wildman–Crippen MR) is 263 cm³/mol. The summed E-state index contributed by atoms with van der Waals surface area (Å²) in [5.41, 5.74) is 4.66. The molecule has 18 heteroatoms. The molecular formula is C50H61N7O9S2. The van der Waals surface area contributed by atoms with Gasteiger partial charge in [0.15, 0.2) is 5.11 Å². The van der Waals surface area contributed by atoms with Crippen molar-refractivity contribution in [2.45, 2.75) is 97.5 Å². The van der Waals surface area contributed by atoms with Gasteiger partial charge in [-0.25, -0.2) is 4.98 Å². The van der Waals surface area contributed by atoms with Crippen LogP contribution >= 0.6 is 23.6 Å². The molecule has 68 heavy (non-hydrogen) atoms. The molecule has 0 unspecified atom stereocenters. The number of aliphatic hydroxyl groups excluding tert-OH is 1. The highest BCUT2D eigenvalue weighted by Gasteiger charge is 2.50. The fraction of sp³-hybridized carbons (Fsp3) is 0.460. The van der Waals surface area contributed by atoms with Gasteiger partial charge < -0.3 is 44.5 Å². The molecule has 4 aromatic rings. The number of likely N-dealkylation sites (tertiary alicyclic amines) is 1. The molecule has 0 saturated carbocycles. The highest BCUT2D eigenvalue weighted by molar-refractivity contribution is 7.81. The Labute approximate surface area is 407 Å². The Kier molecular flexibility index (Phi) is 17.3. The van der Waals surface area contributed by atoms with E-state index < -0.39 is 41.0 Å². The molecule has 2 aliphatic rings. The van der Waals surface area contributed by atoms with Crippen LogP contribution in [0, 0.1) is 23.7 Å². The topological polar surface area (TPSA) is 196 Å². The summed E-state index contributed by atoms with van der Waals surface area (Å²) in [7, 11) is 1.47. The van der Waals surface area contributed by atoms with Crippen LogP contribution in [0.1, 0.15) is 77.1 Å². The van der Waals surface area contributed by atoms with E-state index >= 15 is 0 Å². The first kappa shape index (κ1) is 51.4. The quantitative estimate of drug-likeness (QED) is 0.0622. The average Bonchev–Trinajstić information content (AvgIpc) is 3.98. The Bertz CT molecular complexity index is 2470. The minimum atomic E-state index is -0.967. The zero-order valence-electron chi connectivity index (χ0n) is 39.7. The molecule has 3 aromatic carbocycles. The van der Waals surface area contributed by atoms with Gasteiger partial charge in [0.25, 0.3) is 5.91 Å². The monoisotopic (exact) mass is 967 g/mol. The minimum absolute atomic E-state index is 0.0151. The molecular weight excluding hydrogens is 907 g/mol. The minimum Gasteiger partial charge on any atom is -0.495 e. The van der Waals surface area contributed by atoms with Gasteiger partial charge in [0, 0.05) is 51.1 Å². The summed E-state index contributed by atoms with van der Waals surface area (Å²) >= 11 is 7.37. The lowest BCUT2D eigenvalue weighted by atomic mass is 9.85. The maximum absolute atomic E-state index is 14.0. The first-order valence-electron chi connectivity index (χ1n) is 22.6. The molecule has 362 valence electrons. The third kappa shape index (κ3) is 12.4. The standard InChI is InChI=1S/C50H61N7O9S2/c1-32-43(68-31-53-32)34-13-11-33(12-14-34)28-52-45(60)40-26-38(58)29-55(40)46(61)44(49(2,3)4)54-42(59)30-65-23-10-22-64-21-8-9-24-66-39-19-17-36(18-20-39)57-48(67)56(47(62)50(57,5)6)37-16-15-35(27-51)41(25-37)63-7/h11-20,25,31,38,40,44,58H,8-10,21-24,26,28-30H2,1-7H3,(H,52,60)(H,54,59)/t38-,40+,44-/m1/s1. The molecule has 3 heterocycles. The molecule has 6 rings (SSSR count). The first-order valence-corrected chi connectivity index (χ1v) is 23.9. The van der Waals surface area contributed by atoms with Crippen LogP contribution < -0.4 is 29.9 Å². The van der Waals surface area contributed by atoms with Crippen molar-refractivity contribution < 1.29 is 43.2 Å². The van der Waals surface area contributed by atoms with Gasteiger partial charge in [-0.1, -0.05) is 45.0 Å². The van der Waals surface area contributed by atoms with Crippen molar-refractivity contribution in [3.8, 4) is 28.0 Å². The lowest BCUT2D eigenvalue weighted by Crippen LogP contribution is -2.58. The summed E-state index contributed by atoms with van der Waals surface area (Å²) < 4.78 is 22.7. The van der Waals surface area contributed by atoms with Crippen LogP contribution in [0.15, 0.2) is 72.2 Å². The Hall–Kier alpha value is -5.97. The van der Waals surface area contributed by atoms with Gasteiger partial charge in [0.05, 0.1) is 47.2 Å². The largest absolute Gasteiger partial charge is 0.495 e. The number of amides is 4. The van der Waals surface area contributed by atoms with Crippen LogP contribution in [0.25, 0.3) is 10.4 Å². The maximum Gasteiger partial charge on any atom is 0.259 e. The van der Waals surface area contributed by atoms with E-state index in [1.54, 1.807) is 34.4 Å². The van der Waals surface area contributed by atoms with Crippen LogP contribution in [0.2, 0.25) is 0 Å². The molecule has 2 fully saturated rings. The number of carbonyl (C=O) groups excluding carboxylic acids is 4. The predicted octanol–water partition coefficient (Wildman–Crippen LogP) is 6.31. The SMILES string of the molecule is COc1cc(N2C(=O)C(C)(C)N(c3ccc(OCCCCOCCCOCC(=O)N[C@H](C(=O)N4C[C@H](O)C[C@H]4C(=O)NCc4ccc(-c5scnc5C)cc4)C(C)(C)C)cc3)C2=S)ccc1C#N. The molecule has 2 aliphatic heterocycles. The van der Waals surface area contributed by atoms with Gasteiger partial charge in [-0.3, -0.25) is 24.1 Å². The molecule has 0 radical (unpaired) electrons. The molecule has 2 saturated heterocycles. The fourth-order valence-corrected chi connectivity index (χ4v) is 9.40. The van der Waals surface area contributed by atoms with Crippen LogP contribution in [0.4, 0.5) is 11.4 Å². The maximum atomic E-state index is 14.0. The van der Waals surface area contributed by atoms with Crippen molar-refractivity contribution >= 4 is 63.7 Å². The fourth-order valence-electron chi connectivity index (χ4n) is 8.07. The van der Waals surface area contributed by atoms with Crippen LogP contribution in [-0.4, -0.2) is 114 Å². The smallest absolute Gasteiger partial charge is 0.259 e. The van der Waals surface area contributed by atoms with Crippen molar-refractivity contribution in [1.29, 1.82) is 5.26 Å². The lowest BCUT2D eigenvalue weighted by Gasteiger charge is -2.35. The lowest BCUT2D eigenvalue weighted by molar-refractivity contribution is -0.144. The number of anilines is 2. The molecule has 0 spiro atoms. The Morgan fingerprint density at radius 3 is 2.32 bits per heavy atom. The number of nitrogens with zero attached hydrogens (tertiary/aromatic N) is 5. The number of hydrogen-bond acceptors (Lipinski definition) is 13. The summed E-state index contributed by atoms with van der Waals surface area (Å²) in [5, 5.41) is 26.0. The normalized spacial score (nSPS) is 17.2. The van der Waals surface area contributed by atoms with Gasteiger partial charge in [-0.2, -0.15) is 5.26 Å². The Balaban J connectivity index is 0.859. The van der Waals surface area contributed by atoms with Gasteiger partial charge in [-0.15, -0.1) is 11.3 Å². The van der Waals surface area contributed by atoms with Gasteiger partial charge >= 0.3 is 0 Å². The molecule has 3 N–H and O–H groups in total. The summed E-state index contributed by atoms with van der Waals surface area (Å²) in [6.45, 7) is 12.8. The van der Waals surface area contributed by atoms with E-state index in [4.69, 9.17) is 31.2 Å². The van der Waals surface area contributed by atoms with Crippen molar-refractivity contribution in [2.24, 2.45) is 5.41 Å². The number of nitrogens with one attached hydrogen (secondary N) is 2. The Morgan fingerprint density at radius 2 is 1.66 bits per heavy atom. The van der Waals surface area contributed by atoms with E-state index in [0.717, 1.165) is 40.2 Å². The van der Waals surface area contributed by atoms with E-state index in [9.17, 15) is 29.5 Å². The number of nitriles is 1. The number of thiocarbonyl (C=S) groups is 1. The second kappa shape index (κ2) is 22.9. The van der Waals surface area contributed by atoms with Crippen molar-refractivity contribution in [3.63, 3.8) is 0 Å². The van der Waals surface area contributed by atoms with E-state index in [1.807, 2.05) is 95.6 Å². The zero-order valence-corrected chi connectivity index (χ0v) is 41.3. The third-order valence-corrected chi connectivity index (χ3v) is 13.1. The van der Waals surface area contributed by atoms with Crippen molar-refractivity contribution in [2.75, 3.05) is 56.5 Å². The number of ether oxygens (including phenoxy) is 4. The average molecular weight is 968 g/mol. The van der Waals surface area contributed by atoms with Crippen molar-refractivity contribution in [1.82, 2.24) is 20.5 Å². The first-order chi connectivity index (χ1) is 32.4. The van der Waals surface area contributed by atoms with Gasteiger partial charge in [0.1, 0.15) is 41.8 Å². The van der Waals surface area contributed by atoms with E-state index in [-0.39, 0.29) is 44.5 Å². The van der Waals surface area contributed by atoms with E-state index in [2.05, 4.69) is 21.7 Å². The zero-order chi connectivity index (χ0) is 49.2. The van der Waals surface area contributed by atoms with Gasteiger partial charge in [0.2, 0.25) is 17.7 Å². The van der Waals surface area contributed by atoms with Crippen LogP contribution in [0.5, 0.6) is 11.5 Å². The van der Waals surface area contributed by atoms with Gasteiger partial charge in [-0.05, 0) is 105 Å². The number of benzene rings is 3. The molecule has 16 nitrogen and oxygen atoms in total. The number of hydrogen-bond donors (Lipinski definition) is 3. The highest BCUT2D eigenvalue weighted by atomic mass is 32.1. The van der Waals surface area contributed by atoms with Crippen LogP contribution in [-0.2, 0) is 35.2 Å². The number of carbonyl (C=O) groups is 4. The van der Waals surface area contributed by atoms with E-state index in [1.165, 1.54) is 16.9 Å². The second-order valence-corrected chi connectivity index (χ2v) is 19.5. The molecule has 4 amide bonds. The summed E-state index contributed by atoms with van der Waals surface area (Å²) in [4.78, 5) is 64.0. The summed E-state index contributed by atoms with van der Waals surface area (Å²) in [6, 6.07) is 20.4. The number of aliphatic hydroxyl groups is 1. The van der Waals surface area contributed by atoms with Crippen molar-refractivity contribution in [3.05, 3.63) is 89.1 Å². The number of aryl methyl sites for hydroxylation is 1. The second-order valence-electron chi connectivity index (χ2n) is 18.3. The highest BCUT2D eigenvalue weighted by Crippen LogP contribution is 2.38. The summed E-state index contributed by atoms with van der Waals surface area (Å²) in [5.74, 6) is -0.442. The number of thiazole rings is 1. The number of unbranched alkanes of at least 4 members (excludes halogenated alkanes) is 1. The molecule has 1 aromatic heterocycles. The number of methoxy groups -OCH3 is 1. The molecule has 0 aliphatic carbocycles. The summed E-state index contributed by atoms with van der Waals surface area (Å²) in [6.07, 6.45) is 1.33. The number of β-amino-alcohol motifs (C(OH)–C–C–N with tert-alkyl or cyclic N) is 1. The number of rotatable bonds is 21. The van der Waals surface area contributed by atoms with Crippen LogP contribution in [0.3, 0.4) is 0 Å². The number of aromatic nitrogens is 1. The molecule has 0 bridgehead atoms. The Morgan fingerprint density at radius 1 is 0.985 bits per heavy atom. The van der Waals surface area contributed by atoms with E-state index in [0.29, 0.717) is 54.1 Å². The molecule has 3 atom stereocenters.